The summed E-state index contributed by atoms with van der Waals surface area (Å²) in [6.45, 7) is 6.41. The first-order chi connectivity index (χ1) is 6.57. The molecule has 2 unspecified atom stereocenters. The molecule has 0 aliphatic carbocycles. The maximum atomic E-state index is 10.1. The molecular weight excluding hydrogens is 176 g/mol. The van der Waals surface area contributed by atoms with Gasteiger partial charge in [0.2, 0.25) is 0 Å². The molecule has 0 aromatic heterocycles. The highest BCUT2D eigenvalue weighted by Gasteiger charge is 2.13. The van der Waals surface area contributed by atoms with Gasteiger partial charge < -0.3 is 9.90 Å². The number of carbonyl (C=O) groups excluding carboxylic acids is 1. The summed E-state index contributed by atoms with van der Waals surface area (Å²) in [5.74, 6) is 0.987. The first-order valence-electron chi connectivity index (χ1n) is 5.69. The average molecular weight is 200 g/mol. The fourth-order valence-corrected chi connectivity index (χ4v) is 1.50. The van der Waals surface area contributed by atoms with E-state index in [1.807, 2.05) is 0 Å². The van der Waals surface area contributed by atoms with Crippen LogP contribution in [0.15, 0.2) is 0 Å². The molecule has 84 valence electrons. The number of carbonyl (C=O) groups is 1. The predicted molar refractivity (Wildman–Crippen MR) is 59.2 cm³/mol. The second kappa shape index (κ2) is 7.98. The number of aliphatic hydroxyl groups is 1. The Morgan fingerprint density at radius 1 is 1.14 bits per heavy atom. The molecule has 0 aromatic rings. The Kier molecular flexibility index (Phi) is 7.77. The third-order valence-corrected chi connectivity index (χ3v) is 2.68. The molecule has 0 fully saturated rings. The molecule has 2 nitrogen and oxygen atoms in total. The predicted octanol–water partition coefficient (Wildman–Crippen LogP) is 2.79. The molecule has 2 atom stereocenters. The largest absolute Gasteiger partial charge is 0.393 e. The average Bonchev–Trinajstić information content (AvgIpc) is 2.14. The van der Waals surface area contributed by atoms with Gasteiger partial charge in [-0.05, 0) is 37.5 Å². The van der Waals surface area contributed by atoms with Gasteiger partial charge in [0.15, 0.2) is 0 Å². The lowest BCUT2D eigenvalue weighted by Gasteiger charge is -2.19. The molecule has 1 N–H and O–H groups in total. The van der Waals surface area contributed by atoms with Gasteiger partial charge in [0.1, 0.15) is 6.29 Å². The van der Waals surface area contributed by atoms with Crippen molar-refractivity contribution < 1.29 is 9.90 Å². The SMILES string of the molecule is CC(C)CCC(O)C(C)CCCC=O. The molecule has 0 bridgehead atoms. The molecule has 0 saturated heterocycles. The monoisotopic (exact) mass is 200 g/mol. The molecular formula is C12H24O2. The van der Waals surface area contributed by atoms with E-state index in [-0.39, 0.29) is 6.10 Å². The number of aliphatic hydroxyl groups excluding tert-OH is 1. The summed E-state index contributed by atoms with van der Waals surface area (Å²) in [4.78, 5) is 10.1. The van der Waals surface area contributed by atoms with Crippen LogP contribution in [-0.2, 0) is 4.79 Å². The normalized spacial score (nSPS) is 15.5. The van der Waals surface area contributed by atoms with Gasteiger partial charge in [-0.15, -0.1) is 0 Å². The van der Waals surface area contributed by atoms with E-state index < -0.39 is 0 Å². The molecule has 2 heteroatoms. The van der Waals surface area contributed by atoms with Crippen LogP contribution in [0.1, 0.15) is 52.9 Å². The van der Waals surface area contributed by atoms with Gasteiger partial charge in [0.05, 0.1) is 6.10 Å². The van der Waals surface area contributed by atoms with Gasteiger partial charge in [-0.1, -0.05) is 20.8 Å². The van der Waals surface area contributed by atoms with Crippen LogP contribution in [0, 0.1) is 11.8 Å². The molecule has 0 aliphatic rings. The van der Waals surface area contributed by atoms with Crippen LogP contribution in [0.3, 0.4) is 0 Å². The fraction of sp³-hybridized carbons (Fsp3) is 0.917. The standard InChI is InChI=1S/C12H24O2/c1-10(2)7-8-12(14)11(3)6-4-5-9-13/h9-12,14H,4-8H2,1-3H3. The highest BCUT2D eigenvalue weighted by Crippen LogP contribution is 2.17. The topological polar surface area (TPSA) is 37.3 Å². The van der Waals surface area contributed by atoms with Crippen molar-refractivity contribution >= 4 is 6.29 Å². The maximum absolute atomic E-state index is 10.1. The van der Waals surface area contributed by atoms with Gasteiger partial charge in [0.25, 0.3) is 0 Å². The zero-order valence-electron chi connectivity index (χ0n) is 9.70. The summed E-state index contributed by atoms with van der Waals surface area (Å²) in [7, 11) is 0. The molecule has 0 saturated carbocycles. The van der Waals surface area contributed by atoms with E-state index in [0.29, 0.717) is 18.3 Å². The Hall–Kier alpha value is -0.370. The number of rotatable bonds is 8. The summed E-state index contributed by atoms with van der Waals surface area (Å²) < 4.78 is 0. The molecule has 14 heavy (non-hydrogen) atoms. The third-order valence-electron chi connectivity index (χ3n) is 2.68. The van der Waals surface area contributed by atoms with Gasteiger partial charge >= 0.3 is 0 Å². The first kappa shape index (κ1) is 13.6. The summed E-state index contributed by atoms with van der Waals surface area (Å²) in [5, 5.41) is 9.78. The Balaban J connectivity index is 3.53. The third kappa shape index (κ3) is 7.07. The second-order valence-electron chi connectivity index (χ2n) is 4.61. The van der Waals surface area contributed by atoms with E-state index >= 15 is 0 Å². The maximum Gasteiger partial charge on any atom is 0.119 e. The summed E-state index contributed by atoms with van der Waals surface area (Å²) in [6.07, 6.45) is 5.22. The molecule has 0 amide bonds. The van der Waals surface area contributed by atoms with E-state index in [1.165, 1.54) is 0 Å². The van der Waals surface area contributed by atoms with Gasteiger partial charge in [-0.3, -0.25) is 0 Å². The van der Waals surface area contributed by atoms with Crippen LogP contribution in [0.4, 0.5) is 0 Å². The van der Waals surface area contributed by atoms with E-state index in [4.69, 9.17) is 0 Å². The zero-order chi connectivity index (χ0) is 11.0. The molecule has 0 radical (unpaired) electrons. The number of unbranched alkanes of at least 4 members (excludes halogenated alkanes) is 1. The lowest BCUT2D eigenvalue weighted by atomic mass is 9.93. The van der Waals surface area contributed by atoms with Crippen molar-refractivity contribution in [3.63, 3.8) is 0 Å². The quantitative estimate of drug-likeness (QED) is 0.483. The molecule has 0 rings (SSSR count). The minimum absolute atomic E-state index is 0.191. The summed E-state index contributed by atoms with van der Waals surface area (Å²) in [5.41, 5.74) is 0. The van der Waals surface area contributed by atoms with Crippen LogP contribution in [-0.4, -0.2) is 17.5 Å². The van der Waals surface area contributed by atoms with E-state index in [9.17, 15) is 9.90 Å². The Morgan fingerprint density at radius 2 is 1.79 bits per heavy atom. The van der Waals surface area contributed by atoms with Crippen LogP contribution in [0.5, 0.6) is 0 Å². The molecule has 0 heterocycles. The lowest BCUT2D eigenvalue weighted by Crippen LogP contribution is -2.18. The molecule has 0 spiro atoms. The van der Waals surface area contributed by atoms with Crippen LogP contribution < -0.4 is 0 Å². The fourth-order valence-electron chi connectivity index (χ4n) is 1.50. The van der Waals surface area contributed by atoms with Crippen LogP contribution in [0.2, 0.25) is 0 Å². The highest BCUT2D eigenvalue weighted by atomic mass is 16.3. The van der Waals surface area contributed by atoms with Crippen molar-refractivity contribution in [2.45, 2.75) is 59.0 Å². The van der Waals surface area contributed by atoms with Crippen molar-refractivity contribution in [1.82, 2.24) is 0 Å². The van der Waals surface area contributed by atoms with Crippen molar-refractivity contribution in [3.05, 3.63) is 0 Å². The number of aldehydes is 1. The van der Waals surface area contributed by atoms with E-state index in [1.54, 1.807) is 0 Å². The van der Waals surface area contributed by atoms with Crippen LogP contribution in [0.25, 0.3) is 0 Å². The zero-order valence-corrected chi connectivity index (χ0v) is 9.70. The van der Waals surface area contributed by atoms with E-state index in [2.05, 4.69) is 20.8 Å². The minimum atomic E-state index is -0.191. The summed E-state index contributed by atoms with van der Waals surface area (Å²) >= 11 is 0. The Labute approximate surface area is 87.7 Å². The van der Waals surface area contributed by atoms with Crippen LogP contribution >= 0.6 is 0 Å². The molecule has 0 aliphatic heterocycles. The molecule has 0 aromatic carbocycles. The van der Waals surface area contributed by atoms with Crippen molar-refractivity contribution in [3.8, 4) is 0 Å². The highest BCUT2D eigenvalue weighted by molar-refractivity contribution is 5.48. The number of hydrogen-bond donors (Lipinski definition) is 1. The van der Waals surface area contributed by atoms with Crippen molar-refractivity contribution in [1.29, 1.82) is 0 Å². The van der Waals surface area contributed by atoms with Crippen molar-refractivity contribution in [2.75, 3.05) is 0 Å². The van der Waals surface area contributed by atoms with Gasteiger partial charge in [0, 0.05) is 6.42 Å². The number of hydrogen-bond acceptors (Lipinski definition) is 2. The van der Waals surface area contributed by atoms with Crippen molar-refractivity contribution in [2.24, 2.45) is 11.8 Å². The van der Waals surface area contributed by atoms with Gasteiger partial charge in [-0.25, -0.2) is 0 Å². The first-order valence-corrected chi connectivity index (χ1v) is 5.69. The van der Waals surface area contributed by atoms with Gasteiger partial charge in [-0.2, -0.15) is 0 Å². The second-order valence-corrected chi connectivity index (χ2v) is 4.61. The smallest absolute Gasteiger partial charge is 0.119 e. The lowest BCUT2D eigenvalue weighted by molar-refractivity contribution is -0.108. The Morgan fingerprint density at radius 3 is 2.29 bits per heavy atom. The summed E-state index contributed by atoms with van der Waals surface area (Å²) in [6, 6.07) is 0. The van der Waals surface area contributed by atoms with E-state index in [0.717, 1.165) is 32.0 Å². The Bertz CT molecular complexity index is 143. The minimum Gasteiger partial charge on any atom is -0.393 e.